The van der Waals surface area contributed by atoms with Crippen molar-refractivity contribution in [1.29, 1.82) is 0 Å². The molecule has 0 rings (SSSR count). The van der Waals surface area contributed by atoms with Gasteiger partial charge in [-0.05, 0) is 6.42 Å². The molecular weight excluding hydrogens is 144 g/mol. The summed E-state index contributed by atoms with van der Waals surface area (Å²) in [5, 5.41) is 9.42. The number of hydrogen-bond donors (Lipinski definition) is 1. The van der Waals surface area contributed by atoms with Gasteiger partial charge in [0.15, 0.2) is 11.4 Å². The molecule has 0 aliphatic rings. The number of aliphatic hydroxyl groups is 1. The lowest BCUT2D eigenvalue weighted by atomic mass is 9.94. The average Bonchev–Trinajstić information content (AvgIpc) is 2.03. The summed E-state index contributed by atoms with van der Waals surface area (Å²) in [5.74, 6) is 1.08. The molecule has 11 heavy (non-hydrogen) atoms. The van der Waals surface area contributed by atoms with Crippen LogP contribution in [0.3, 0.4) is 0 Å². The van der Waals surface area contributed by atoms with Crippen molar-refractivity contribution >= 4 is 11.7 Å². The van der Waals surface area contributed by atoms with Crippen molar-refractivity contribution in [2.75, 3.05) is 0 Å². The summed E-state index contributed by atoms with van der Waals surface area (Å²) >= 11 is 0. The van der Waals surface area contributed by atoms with E-state index in [0.717, 1.165) is 6.08 Å². The Morgan fingerprint density at radius 1 is 1.64 bits per heavy atom. The fraction of sp³-hybridized carbons (Fsp3) is 0.625. The van der Waals surface area contributed by atoms with Gasteiger partial charge < -0.3 is 5.11 Å². The fourth-order valence-corrected chi connectivity index (χ4v) is 0.783. The van der Waals surface area contributed by atoms with Crippen LogP contribution in [0.2, 0.25) is 0 Å². The minimum atomic E-state index is -1.59. The van der Waals surface area contributed by atoms with Gasteiger partial charge in [0, 0.05) is 12.5 Å². The summed E-state index contributed by atoms with van der Waals surface area (Å²) in [5.41, 5.74) is -1.59. The standard InChI is InChI=1S/C8H12O3/c1-3-7(10)8(11,4-2)5-6-9/h5,11H,3-4H2,1-2H3/t8-/m1/s1. The second-order valence-corrected chi connectivity index (χ2v) is 2.32. The molecule has 0 aliphatic carbocycles. The van der Waals surface area contributed by atoms with Crippen molar-refractivity contribution in [1.82, 2.24) is 0 Å². The van der Waals surface area contributed by atoms with Crippen LogP contribution in [-0.4, -0.2) is 22.4 Å². The van der Waals surface area contributed by atoms with Gasteiger partial charge in [0.25, 0.3) is 0 Å². The Bertz CT molecular complexity index is 192. The zero-order valence-electron chi connectivity index (χ0n) is 6.76. The maximum Gasteiger partial charge on any atom is 0.168 e. The van der Waals surface area contributed by atoms with E-state index in [1.165, 1.54) is 5.94 Å². The van der Waals surface area contributed by atoms with E-state index in [-0.39, 0.29) is 18.6 Å². The van der Waals surface area contributed by atoms with Crippen molar-refractivity contribution in [3.8, 4) is 0 Å². The molecule has 0 radical (unpaired) electrons. The van der Waals surface area contributed by atoms with Crippen molar-refractivity contribution in [2.45, 2.75) is 32.3 Å². The molecule has 0 unspecified atom stereocenters. The second-order valence-electron chi connectivity index (χ2n) is 2.32. The lowest BCUT2D eigenvalue weighted by Gasteiger charge is -2.17. The van der Waals surface area contributed by atoms with E-state index in [1.807, 2.05) is 0 Å². The van der Waals surface area contributed by atoms with Gasteiger partial charge in [-0.15, -0.1) is 0 Å². The molecule has 1 atom stereocenters. The fourth-order valence-electron chi connectivity index (χ4n) is 0.783. The maximum absolute atomic E-state index is 11.0. The molecule has 0 bridgehead atoms. The van der Waals surface area contributed by atoms with Crippen LogP contribution in [0.5, 0.6) is 0 Å². The molecule has 62 valence electrons. The lowest BCUT2D eigenvalue weighted by Crippen LogP contribution is -2.35. The highest BCUT2D eigenvalue weighted by Crippen LogP contribution is 2.13. The highest BCUT2D eigenvalue weighted by molar-refractivity contribution is 5.90. The number of ketones is 1. The van der Waals surface area contributed by atoms with Gasteiger partial charge in [0.1, 0.15) is 5.94 Å². The van der Waals surface area contributed by atoms with Crippen molar-refractivity contribution in [3.63, 3.8) is 0 Å². The Morgan fingerprint density at radius 2 is 2.18 bits per heavy atom. The summed E-state index contributed by atoms with van der Waals surface area (Å²) in [4.78, 5) is 20.9. The average molecular weight is 156 g/mol. The van der Waals surface area contributed by atoms with Crippen molar-refractivity contribution in [3.05, 3.63) is 6.08 Å². The molecule has 0 spiro atoms. The number of carbonyl (C=O) groups excluding carboxylic acids is 2. The lowest BCUT2D eigenvalue weighted by molar-refractivity contribution is -0.132. The first-order valence-electron chi connectivity index (χ1n) is 3.58. The minimum Gasteiger partial charge on any atom is -0.377 e. The highest BCUT2D eigenvalue weighted by Gasteiger charge is 2.29. The monoisotopic (exact) mass is 156 g/mol. The number of hydrogen-bond acceptors (Lipinski definition) is 3. The predicted molar refractivity (Wildman–Crippen MR) is 40.8 cm³/mol. The smallest absolute Gasteiger partial charge is 0.168 e. The summed E-state index contributed by atoms with van der Waals surface area (Å²) < 4.78 is 0. The third-order valence-corrected chi connectivity index (χ3v) is 1.64. The van der Waals surface area contributed by atoms with E-state index < -0.39 is 5.60 Å². The van der Waals surface area contributed by atoms with E-state index in [4.69, 9.17) is 0 Å². The summed E-state index contributed by atoms with van der Waals surface area (Å²) in [6.07, 6.45) is 1.32. The molecule has 3 nitrogen and oxygen atoms in total. The van der Waals surface area contributed by atoms with Crippen LogP contribution in [-0.2, 0) is 9.59 Å². The molecule has 0 aromatic carbocycles. The predicted octanol–water partition coefficient (Wildman–Crippen LogP) is 0.494. The van der Waals surface area contributed by atoms with E-state index in [2.05, 4.69) is 0 Å². The quantitative estimate of drug-likeness (QED) is 0.603. The van der Waals surface area contributed by atoms with E-state index in [0.29, 0.717) is 0 Å². The van der Waals surface area contributed by atoms with E-state index >= 15 is 0 Å². The Kier molecular flexibility index (Phi) is 3.72. The second kappa shape index (κ2) is 4.06. The molecule has 0 fully saturated rings. The highest BCUT2D eigenvalue weighted by atomic mass is 16.3. The van der Waals surface area contributed by atoms with Gasteiger partial charge >= 0.3 is 0 Å². The first kappa shape index (κ1) is 10.1. The number of Topliss-reactive ketones (excluding diaryl/α,β-unsaturated/α-hetero) is 1. The van der Waals surface area contributed by atoms with Gasteiger partial charge in [-0.25, -0.2) is 4.79 Å². The molecule has 0 amide bonds. The largest absolute Gasteiger partial charge is 0.377 e. The van der Waals surface area contributed by atoms with E-state index in [1.54, 1.807) is 13.8 Å². The van der Waals surface area contributed by atoms with Crippen LogP contribution < -0.4 is 0 Å². The Balaban J connectivity index is 4.58. The Morgan fingerprint density at radius 3 is 2.45 bits per heavy atom. The SMILES string of the molecule is CCC(=O)[C@](O)(C=C=O)CC. The zero-order valence-corrected chi connectivity index (χ0v) is 6.76. The van der Waals surface area contributed by atoms with Crippen LogP contribution in [0, 0.1) is 0 Å². The molecule has 3 heteroatoms. The topological polar surface area (TPSA) is 54.4 Å². The molecule has 0 aliphatic heterocycles. The zero-order chi connectivity index (χ0) is 8.91. The van der Waals surface area contributed by atoms with Crippen molar-refractivity contribution in [2.24, 2.45) is 0 Å². The number of rotatable bonds is 4. The molecule has 0 saturated heterocycles. The molecule has 0 saturated carbocycles. The molecule has 0 heterocycles. The van der Waals surface area contributed by atoms with Crippen LogP contribution in [0.25, 0.3) is 0 Å². The van der Waals surface area contributed by atoms with Crippen LogP contribution in [0.4, 0.5) is 0 Å². The summed E-state index contributed by atoms with van der Waals surface area (Å²) in [7, 11) is 0. The summed E-state index contributed by atoms with van der Waals surface area (Å²) in [6, 6.07) is 0. The van der Waals surface area contributed by atoms with Crippen LogP contribution >= 0.6 is 0 Å². The van der Waals surface area contributed by atoms with Gasteiger partial charge in [0.2, 0.25) is 0 Å². The third kappa shape index (κ3) is 2.30. The maximum atomic E-state index is 11.0. The Labute approximate surface area is 65.7 Å². The number of carbonyl (C=O) groups is 1. The van der Waals surface area contributed by atoms with Crippen LogP contribution in [0.1, 0.15) is 26.7 Å². The van der Waals surface area contributed by atoms with Gasteiger partial charge in [-0.3, -0.25) is 4.79 Å². The summed E-state index contributed by atoms with van der Waals surface area (Å²) in [6.45, 7) is 3.28. The first-order valence-corrected chi connectivity index (χ1v) is 3.58. The van der Waals surface area contributed by atoms with Gasteiger partial charge in [-0.1, -0.05) is 13.8 Å². The normalized spacial score (nSPS) is 14.8. The first-order chi connectivity index (χ1) is 5.10. The van der Waals surface area contributed by atoms with Crippen LogP contribution in [0.15, 0.2) is 6.08 Å². The molecule has 0 aromatic rings. The van der Waals surface area contributed by atoms with E-state index in [9.17, 15) is 14.7 Å². The Hall–Kier alpha value is -0.920. The van der Waals surface area contributed by atoms with Gasteiger partial charge in [-0.2, -0.15) is 0 Å². The third-order valence-electron chi connectivity index (χ3n) is 1.64. The molecule has 1 N–H and O–H groups in total. The van der Waals surface area contributed by atoms with Crippen molar-refractivity contribution < 1.29 is 14.7 Å². The van der Waals surface area contributed by atoms with Gasteiger partial charge in [0.05, 0.1) is 0 Å². The molecular formula is C8H12O3. The molecule has 0 aromatic heterocycles. The minimum absolute atomic E-state index is 0.217.